The summed E-state index contributed by atoms with van der Waals surface area (Å²) in [5.41, 5.74) is 9.75. The molecule has 4 saturated heterocycles. The van der Waals surface area contributed by atoms with E-state index >= 15 is 17.6 Å². The Balaban J connectivity index is 0.727. The molecule has 22 heteroatoms. The van der Waals surface area contributed by atoms with E-state index in [-0.39, 0.29) is 81.3 Å². The molecule has 4 fully saturated rings. The van der Waals surface area contributed by atoms with Gasteiger partial charge in [-0.1, -0.05) is 60.7 Å². The number of rotatable bonds is 13. The van der Waals surface area contributed by atoms with Crippen molar-refractivity contribution in [2.24, 2.45) is 0 Å². The maximum Gasteiger partial charge on any atom is 0.319 e. The molecule has 2 atom stereocenters. The first-order valence-electron chi connectivity index (χ1n) is 29.0. The van der Waals surface area contributed by atoms with Gasteiger partial charge in [-0.15, -0.1) is 0 Å². The summed E-state index contributed by atoms with van der Waals surface area (Å²) in [6.07, 6.45) is 10.4. The van der Waals surface area contributed by atoms with Gasteiger partial charge in [0.1, 0.15) is 75.8 Å². The highest BCUT2D eigenvalue weighted by atomic mass is 19.1. The molecule has 0 radical (unpaired) electrons. The summed E-state index contributed by atoms with van der Waals surface area (Å²) >= 11 is 0. The molecule has 3 N–H and O–H groups in total. The molecule has 0 spiro atoms. The minimum absolute atomic E-state index is 0.0305. The maximum atomic E-state index is 17.8. The quantitative estimate of drug-likeness (QED) is 0.103. The molecular weight excluding hydrogens is 1090 g/mol. The number of benzene rings is 5. The van der Waals surface area contributed by atoms with Crippen LogP contribution in [-0.2, 0) is 19.6 Å². The molecule has 85 heavy (non-hydrogen) atoms. The first-order valence-corrected chi connectivity index (χ1v) is 29.0. The van der Waals surface area contributed by atoms with Crippen LogP contribution in [0.2, 0.25) is 0 Å². The normalized spacial score (nSPS) is 19.4. The molecule has 18 nitrogen and oxygen atoms in total. The van der Waals surface area contributed by atoms with Crippen molar-refractivity contribution in [3.8, 4) is 34.5 Å². The van der Waals surface area contributed by atoms with Crippen molar-refractivity contribution in [3.05, 3.63) is 143 Å². The first kappa shape index (κ1) is 51.5. The highest BCUT2D eigenvalue weighted by Crippen LogP contribution is 2.51. The van der Waals surface area contributed by atoms with Crippen LogP contribution >= 0.6 is 0 Å². The fraction of sp³-hybridized carbons (Fsp3) is 0.317. The summed E-state index contributed by atoms with van der Waals surface area (Å²) in [5.74, 6) is -1.30. The Labute approximate surface area is 483 Å². The van der Waals surface area contributed by atoms with Crippen molar-refractivity contribution in [1.29, 1.82) is 0 Å². The van der Waals surface area contributed by atoms with Gasteiger partial charge in [-0.25, -0.2) is 22.2 Å². The van der Waals surface area contributed by atoms with E-state index in [0.29, 0.717) is 82.4 Å². The second-order valence-electron chi connectivity index (χ2n) is 23.3. The zero-order chi connectivity index (χ0) is 57.1. The molecule has 11 aromatic rings. The van der Waals surface area contributed by atoms with Crippen molar-refractivity contribution in [1.82, 2.24) is 59.8 Å². The lowest BCUT2D eigenvalue weighted by atomic mass is 9.92. The summed E-state index contributed by atoms with van der Waals surface area (Å²) < 4.78 is 87.3. The summed E-state index contributed by atoms with van der Waals surface area (Å²) in [7, 11) is 0. The first-order chi connectivity index (χ1) is 41.6. The van der Waals surface area contributed by atoms with Crippen LogP contribution in [-0.4, -0.2) is 110 Å². The lowest BCUT2D eigenvalue weighted by Crippen LogP contribution is -2.44. The number of nitrogens with two attached hydrogens (primary N) is 1. The van der Waals surface area contributed by atoms with Gasteiger partial charge in [0.05, 0.1) is 40.6 Å². The van der Waals surface area contributed by atoms with E-state index < -0.39 is 28.8 Å². The van der Waals surface area contributed by atoms with Crippen molar-refractivity contribution >= 4 is 71.8 Å². The molecule has 5 aliphatic rings. The molecule has 0 bridgehead atoms. The third kappa shape index (κ3) is 8.53. The topological polar surface area (TPSA) is 200 Å². The number of ether oxygens (including phenoxy) is 2. The number of fused-ring (bicyclic) bond motifs is 8. The number of nitrogens with zero attached hydrogens (tertiary/aromatic N) is 13. The Kier molecular flexibility index (Phi) is 12.1. The van der Waals surface area contributed by atoms with Gasteiger partial charge in [0.25, 0.3) is 0 Å². The Morgan fingerprint density at radius 2 is 1.34 bits per heavy atom. The zero-order valence-electron chi connectivity index (χ0n) is 46.0. The Morgan fingerprint density at radius 1 is 0.647 bits per heavy atom. The van der Waals surface area contributed by atoms with Crippen LogP contribution in [0.25, 0.3) is 76.9 Å². The van der Waals surface area contributed by atoms with E-state index in [9.17, 15) is 0 Å². The monoisotopic (exact) mass is 1150 g/mol. The highest BCUT2D eigenvalue weighted by molar-refractivity contribution is 6.02. The van der Waals surface area contributed by atoms with Gasteiger partial charge in [0, 0.05) is 59.5 Å². The molecule has 16 rings (SSSR count). The highest BCUT2D eigenvalue weighted by Gasteiger charge is 2.51. The van der Waals surface area contributed by atoms with E-state index in [0.717, 1.165) is 81.4 Å². The Bertz CT molecular complexity index is 4510. The third-order valence-electron chi connectivity index (χ3n) is 18.6. The predicted molar refractivity (Wildman–Crippen MR) is 312 cm³/mol. The number of halogens is 4. The number of hydrogen-bond acceptors (Lipinski definition) is 17. The Morgan fingerprint density at radius 3 is 2.16 bits per heavy atom. The van der Waals surface area contributed by atoms with E-state index in [1.54, 1.807) is 48.7 Å². The van der Waals surface area contributed by atoms with Gasteiger partial charge >= 0.3 is 12.0 Å². The predicted octanol–water partition coefficient (Wildman–Crippen LogP) is 11.3. The minimum Gasteiger partial charge on any atom is -0.461 e. The average molecular weight is 1150 g/mol. The van der Waals surface area contributed by atoms with Crippen LogP contribution in [0.1, 0.15) is 74.2 Å². The Hall–Kier alpha value is -9.15. The summed E-state index contributed by atoms with van der Waals surface area (Å²) in [6.45, 7) is 5.08. The molecular formula is C63H55F4N15O3. The second kappa shape index (κ2) is 20.0. The lowest BCUT2D eigenvalue weighted by Gasteiger charge is -2.35. The molecule has 2 unspecified atom stereocenters. The SMILES string of the molecule is Nc1cc2n(n1)CCN(c1nc(OCC34CCCN3CCC4)nc3c(F)c(-c4cccc5c(C6CCC7(COc8nc(NCc9ccc%10nonc%10c9)c9cnc(-c%10cccc%11cccc(F)c%10%11)c(F)c9n8)CCCN67)ccc(F)c45)ncc13)C2. The van der Waals surface area contributed by atoms with Gasteiger partial charge in [0.15, 0.2) is 11.6 Å². The number of nitrogen functional groups attached to an aromatic ring is 1. The molecule has 11 heterocycles. The summed E-state index contributed by atoms with van der Waals surface area (Å²) in [6, 6.07) is 25.8. The smallest absolute Gasteiger partial charge is 0.319 e. The van der Waals surface area contributed by atoms with Gasteiger partial charge in [-0.05, 0) is 127 Å². The average Bonchev–Trinajstić information content (AvgIpc) is 4.22. The fourth-order valence-corrected chi connectivity index (χ4v) is 14.6. The largest absolute Gasteiger partial charge is 0.461 e. The van der Waals surface area contributed by atoms with Crippen molar-refractivity contribution in [2.75, 3.05) is 55.3 Å². The van der Waals surface area contributed by atoms with E-state index in [2.05, 4.69) is 40.4 Å². The van der Waals surface area contributed by atoms with Crippen LogP contribution in [0.4, 0.5) is 35.0 Å². The lowest BCUT2D eigenvalue weighted by molar-refractivity contribution is 0.0849. The summed E-state index contributed by atoms with van der Waals surface area (Å²) in [4.78, 5) is 35.6. The van der Waals surface area contributed by atoms with Gasteiger partial charge in [-0.2, -0.15) is 25.0 Å². The van der Waals surface area contributed by atoms with Gasteiger partial charge < -0.3 is 25.4 Å². The van der Waals surface area contributed by atoms with Gasteiger partial charge in [-0.3, -0.25) is 24.4 Å². The van der Waals surface area contributed by atoms with E-state index in [1.165, 1.54) is 18.3 Å². The van der Waals surface area contributed by atoms with Crippen LogP contribution in [0.3, 0.4) is 0 Å². The van der Waals surface area contributed by atoms with E-state index in [4.69, 9.17) is 44.8 Å². The van der Waals surface area contributed by atoms with Crippen LogP contribution in [0.15, 0.2) is 108 Å². The standard InChI is InChI=1S/C63H55F4N15O3/c64-44-12-2-8-36-7-1-10-40(50(36)44)54-52(66)56-42(30-69-54)58(71-29-35-13-16-46-47(27-35)78-85-77-46)74-60(72-56)84-34-63-20-6-24-81(63)48(17-21-63)38-14-15-45(65)51-39(38)9-3-11-41(51)55-53(67)57-43(31-70-55)59(79-25-26-82-37(32-79)28-49(68)76-82)75-61(73-57)83-33-62-18-4-22-80(62)23-5-19-62/h1-3,7-16,27-28,30-31,48H,4-6,17-26,29,32-34H2,(H2,68,76)(H,71,72,74). The fourth-order valence-electron chi connectivity index (χ4n) is 14.6. The number of anilines is 3. The van der Waals surface area contributed by atoms with Crippen LogP contribution in [0, 0.1) is 23.3 Å². The minimum atomic E-state index is -0.758. The third-order valence-corrected chi connectivity index (χ3v) is 18.6. The number of nitrogens with one attached hydrogen (secondary N) is 1. The molecule has 0 amide bonds. The van der Waals surface area contributed by atoms with Gasteiger partial charge in [0.2, 0.25) is 0 Å². The van der Waals surface area contributed by atoms with Crippen molar-refractivity contribution < 1.29 is 31.7 Å². The molecule has 0 saturated carbocycles. The van der Waals surface area contributed by atoms with Crippen LogP contribution < -0.4 is 25.4 Å². The number of aromatic nitrogens is 10. The molecule has 5 aliphatic heterocycles. The van der Waals surface area contributed by atoms with E-state index in [1.807, 2.05) is 41.1 Å². The molecule has 0 aliphatic carbocycles. The molecule has 6 aromatic heterocycles. The number of pyridine rings is 2. The maximum absolute atomic E-state index is 17.8. The zero-order valence-corrected chi connectivity index (χ0v) is 46.0. The number of hydrogen-bond donors (Lipinski definition) is 2. The summed E-state index contributed by atoms with van der Waals surface area (Å²) in [5, 5.41) is 18.1. The van der Waals surface area contributed by atoms with Crippen LogP contribution in [0.5, 0.6) is 12.0 Å². The molecule has 5 aromatic carbocycles. The van der Waals surface area contributed by atoms with Crippen molar-refractivity contribution in [2.45, 2.75) is 88.1 Å². The second-order valence-corrected chi connectivity index (χ2v) is 23.3. The van der Waals surface area contributed by atoms with Crippen molar-refractivity contribution in [3.63, 3.8) is 0 Å². The molecule has 428 valence electrons.